The quantitative estimate of drug-likeness (QED) is 0.568. The molecule has 1 aliphatic heterocycles. The van der Waals surface area contributed by atoms with Crippen molar-refractivity contribution in [3.63, 3.8) is 0 Å². The minimum absolute atomic E-state index is 0.531. The second-order valence-electron chi connectivity index (χ2n) is 2.28. The lowest BCUT2D eigenvalue weighted by Gasteiger charge is -1.89. The molecule has 0 aromatic heterocycles. The van der Waals surface area contributed by atoms with Crippen LogP contribution in [0.3, 0.4) is 0 Å². The van der Waals surface area contributed by atoms with Crippen molar-refractivity contribution in [1.29, 1.82) is 0 Å². The van der Waals surface area contributed by atoms with Gasteiger partial charge < -0.3 is 0 Å². The highest BCUT2D eigenvalue weighted by atomic mass is 79.9. The van der Waals surface area contributed by atoms with E-state index in [1.165, 1.54) is 0 Å². The average molecular weight is 235 g/mol. The Morgan fingerprint density at radius 3 is 3.09 bits per heavy atom. The normalized spacial score (nSPS) is 31.8. The first-order valence-corrected chi connectivity index (χ1v) is 4.72. The largest absolute Gasteiger partial charge is 0.248 e. The maximum absolute atomic E-state index is 5.80. The molecular weight excluding hydrogens is 225 g/mol. The Kier molecular flexibility index (Phi) is 3.87. The third kappa shape index (κ3) is 3.21. The summed E-state index contributed by atoms with van der Waals surface area (Å²) in [5, 5.41) is 0.531. The molecule has 0 N–H and O–H groups in total. The molecule has 0 bridgehead atoms. The molecule has 60 valence electrons. The van der Waals surface area contributed by atoms with Gasteiger partial charge in [-0.15, -0.1) is 0 Å². The van der Waals surface area contributed by atoms with Gasteiger partial charge >= 0.3 is 0 Å². The topological polar surface area (TPSA) is 12.4 Å². The maximum Gasteiger partial charge on any atom is 0.142 e. The van der Waals surface area contributed by atoms with Crippen molar-refractivity contribution < 1.29 is 0 Å². The predicted molar refractivity (Wildman–Crippen MR) is 53.3 cm³/mol. The zero-order valence-electron chi connectivity index (χ0n) is 6.06. The number of nitrogens with zero attached hydrogens (tertiary/aromatic N) is 1. The van der Waals surface area contributed by atoms with E-state index in [9.17, 15) is 0 Å². The zero-order valence-corrected chi connectivity index (χ0v) is 8.40. The van der Waals surface area contributed by atoms with Crippen molar-refractivity contribution in [3.8, 4) is 0 Å². The number of halogens is 2. The van der Waals surface area contributed by atoms with Gasteiger partial charge in [0.25, 0.3) is 0 Å². The van der Waals surface area contributed by atoms with Crippen LogP contribution in [0.15, 0.2) is 26.8 Å². The van der Waals surface area contributed by atoms with Gasteiger partial charge in [-0.25, -0.2) is 4.99 Å². The van der Waals surface area contributed by atoms with E-state index in [2.05, 4.69) is 27.0 Å². The fourth-order valence-electron chi connectivity index (χ4n) is 0.789. The summed E-state index contributed by atoms with van der Waals surface area (Å²) in [5.74, 6) is 0. The Labute approximate surface area is 80.0 Å². The number of allylic oxidation sites excluding steroid dienone is 3. The molecule has 1 aliphatic rings. The zero-order chi connectivity index (χ0) is 8.10. The number of aliphatic imine (C=N–C) groups is 1. The van der Waals surface area contributed by atoms with Crippen LogP contribution < -0.4 is 0 Å². The van der Waals surface area contributed by atoms with E-state index in [0.717, 1.165) is 23.7 Å². The summed E-state index contributed by atoms with van der Waals surface area (Å²) >= 11 is 9.12. The van der Waals surface area contributed by atoms with E-state index >= 15 is 0 Å². The van der Waals surface area contributed by atoms with E-state index in [-0.39, 0.29) is 0 Å². The Morgan fingerprint density at radius 2 is 2.27 bits per heavy atom. The van der Waals surface area contributed by atoms with Crippen molar-refractivity contribution in [2.75, 3.05) is 0 Å². The van der Waals surface area contributed by atoms with Gasteiger partial charge in [-0.1, -0.05) is 17.7 Å². The van der Waals surface area contributed by atoms with Crippen molar-refractivity contribution in [1.82, 2.24) is 0 Å². The summed E-state index contributed by atoms with van der Waals surface area (Å²) in [7, 11) is 0. The van der Waals surface area contributed by atoms with Gasteiger partial charge in [0.1, 0.15) is 5.16 Å². The van der Waals surface area contributed by atoms with Gasteiger partial charge in [0.2, 0.25) is 0 Å². The second kappa shape index (κ2) is 4.73. The molecule has 0 unspecified atom stereocenters. The van der Waals surface area contributed by atoms with Gasteiger partial charge in [0, 0.05) is 6.21 Å². The third-order valence-corrected chi connectivity index (χ3v) is 2.54. The molecule has 3 heteroatoms. The highest BCUT2D eigenvalue weighted by Gasteiger charge is 1.95. The van der Waals surface area contributed by atoms with Crippen LogP contribution in [0.5, 0.6) is 0 Å². The standard InChI is InChI=1S/C8H9BrClN/c9-7-5-3-1-2-4-6-11-8(7)10/h3,5-6H,1-2,4H2/b5-3+,8-7+,11-6-. The minimum Gasteiger partial charge on any atom is -0.248 e. The van der Waals surface area contributed by atoms with Crippen LogP contribution in [0.25, 0.3) is 0 Å². The lowest BCUT2D eigenvalue weighted by Crippen LogP contribution is -1.74. The summed E-state index contributed by atoms with van der Waals surface area (Å²) < 4.78 is 0.859. The van der Waals surface area contributed by atoms with Crippen LogP contribution in [0.2, 0.25) is 0 Å². The van der Waals surface area contributed by atoms with E-state index in [1.807, 2.05) is 12.3 Å². The summed E-state index contributed by atoms with van der Waals surface area (Å²) in [6, 6.07) is 0. The van der Waals surface area contributed by atoms with E-state index < -0.39 is 0 Å². The molecule has 1 rings (SSSR count). The van der Waals surface area contributed by atoms with Crippen LogP contribution >= 0.6 is 27.5 Å². The first kappa shape index (κ1) is 9.01. The van der Waals surface area contributed by atoms with Gasteiger partial charge in [-0.3, -0.25) is 0 Å². The monoisotopic (exact) mass is 233 g/mol. The predicted octanol–water partition coefficient (Wildman–Crippen LogP) is 3.60. The third-order valence-electron chi connectivity index (χ3n) is 1.37. The molecule has 0 aliphatic carbocycles. The molecule has 0 aromatic carbocycles. The Morgan fingerprint density at radius 1 is 1.45 bits per heavy atom. The minimum atomic E-state index is 0.531. The molecule has 0 radical (unpaired) electrons. The van der Waals surface area contributed by atoms with Gasteiger partial charge in [-0.05, 0) is 41.3 Å². The molecule has 0 aromatic rings. The number of hydrogen-bond donors (Lipinski definition) is 0. The summed E-state index contributed by atoms with van der Waals surface area (Å²) in [5.41, 5.74) is 0. The smallest absolute Gasteiger partial charge is 0.142 e. The highest BCUT2D eigenvalue weighted by Crippen LogP contribution is 2.19. The fourth-order valence-corrected chi connectivity index (χ4v) is 1.21. The van der Waals surface area contributed by atoms with E-state index in [0.29, 0.717) is 5.16 Å². The van der Waals surface area contributed by atoms with Crippen LogP contribution in [0.4, 0.5) is 0 Å². The molecule has 11 heavy (non-hydrogen) atoms. The summed E-state index contributed by atoms with van der Waals surface area (Å²) in [6.07, 6.45) is 9.14. The van der Waals surface area contributed by atoms with Gasteiger partial charge in [0.15, 0.2) is 0 Å². The Bertz CT molecular complexity index is 196. The van der Waals surface area contributed by atoms with E-state index in [1.54, 1.807) is 0 Å². The molecule has 0 saturated heterocycles. The number of rotatable bonds is 0. The fraction of sp³-hybridized carbons (Fsp3) is 0.375. The first-order chi connectivity index (χ1) is 5.30. The molecule has 0 fully saturated rings. The van der Waals surface area contributed by atoms with Crippen LogP contribution in [-0.4, -0.2) is 6.21 Å². The second-order valence-corrected chi connectivity index (χ2v) is 3.50. The van der Waals surface area contributed by atoms with Crippen molar-refractivity contribution in [3.05, 3.63) is 21.8 Å². The molecule has 0 saturated carbocycles. The lowest BCUT2D eigenvalue weighted by molar-refractivity contribution is 0.904. The lowest BCUT2D eigenvalue weighted by atomic mass is 10.2. The Balaban J connectivity index is 2.79. The molecule has 1 nitrogen and oxygen atoms in total. The maximum atomic E-state index is 5.80. The first-order valence-electron chi connectivity index (χ1n) is 3.55. The molecule has 0 atom stereocenters. The number of hydrogen-bond acceptors (Lipinski definition) is 1. The SMILES string of the molecule is ClC1=C(Br)/C=C/CCC/C=N\1. The van der Waals surface area contributed by atoms with Crippen LogP contribution in [0.1, 0.15) is 19.3 Å². The summed E-state index contributed by atoms with van der Waals surface area (Å²) in [4.78, 5) is 4.05. The molecule has 0 spiro atoms. The molecular formula is C8H9BrClN. The average Bonchev–Trinajstić information content (AvgIpc) is 2.07. The van der Waals surface area contributed by atoms with Gasteiger partial charge in [-0.2, -0.15) is 0 Å². The van der Waals surface area contributed by atoms with Crippen molar-refractivity contribution in [2.24, 2.45) is 4.99 Å². The summed E-state index contributed by atoms with van der Waals surface area (Å²) in [6.45, 7) is 0. The van der Waals surface area contributed by atoms with Crippen LogP contribution in [0, 0.1) is 0 Å². The molecule has 0 amide bonds. The van der Waals surface area contributed by atoms with Gasteiger partial charge in [0.05, 0.1) is 4.48 Å². The van der Waals surface area contributed by atoms with E-state index in [4.69, 9.17) is 11.6 Å². The van der Waals surface area contributed by atoms with Crippen molar-refractivity contribution in [2.45, 2.75) is 19.3 Å². The van der Waals surface area contributed by atoms with Crippen molar-refractivity contribution >= 4 is 33.7 Å². The van der Waals surface area contributed by atoms with Crippen LogP contribution in [-0.2, 0) is 0 Å². The molecule has 1 heterocycles. The Hall–Kier alpha value is -0.0800. The highest BCUT2D eigenvalue weighted by molar-refractivity contribution is 9.12.